The summed E-state index contributed by atoms with van der Waals surface area (Å²) in [6.07, 6.45) is 0. The zero-order valence-corrected chi connectivity index (χ0v) is 9.06. The Hall–Kier alpha value is -1.71. The Morgan fingerprint density at radius 1 is 1.27 bits per heavy atom. The third-order valence-electron chi connectivity index (χ3n) is 2.33. The van der Waals surface area contributed by atoms with E-state index in [-0.39, 0.29) is 29.0 Å². The molecule has 0 aliphatic rings. The lowest BCUT2D eigenvalue weighted by Gasteiger charge is -2.22. The van der Waals surface area contributed by atoms with E-state index in [9.17, 15) is 15.0 Å². The Balaban J connectivity index is 3.11. The normalized spacial score (nSPS) is 10.4. The summed E-state index contributed by atoms with van der Waals surface area (Å²) in [7, 11) is 1.62. The summed E-state index contributed by atoms with van der Waals surface area (Å²) in [5.74, 6) is -0.791. The van der Waals surface area contributed by atoms with Crippen molar-refractivity contribution in [1.29, 1.82) is 0 Å². The molecule has 2 N–H and O–H groups in total. The lowest BCUT2D eigenvalue weighted by molar-refractivity contribution is 0.0749. The van der Waals surface area contributed by atoms with Crippen LogP contribution in [-0.2, 0) is 0 Å². The van der Waals surface area contributed by atoms with Gasteiger partial charge in [-0.15, -0.1) is 0 Å². The monoisotopic (exact) mass is 209 g/mol. The van der Waals surface area contributed by atoms with Crippen molar-refractivity contribution in [2.45, 2.75) is 19.9 Å². The zero-order valence-electron chi connectivity index (χ0n) is 9.06. The molecular weight excluding hydrogens is 194 g/mol. The van der Waals surface area contributed by atoms with Gasteiger partial charge in [-0.05, 0) is 26.0 Å². The van der Waals surface area contributed by atoms with Crippen LogP contribution in [-0.4, -0.2) is 34.1 Å². The van der Waals surface area contributed by atoms with E-state index in [1.807, 2.05) is 13.8 Å². The Labute approximate surface area is 88.8 Å². The summed E-state index contributed by atoms with van der Waals surface area (Å²) in [6, 6.07) is 4.25. The highest BCUT2D eigenvalue weighted by Crippen LogP contribution is 2.27. The largest absolute Gasteiger partial charge is 0.507 e. The molecule has 0 bridgehead atoms. The van der Waals surface area contributed by atoms with Crippen molar-refractivity contribution in [2.75, 3.05) is 7.05 Å². The second kappa shape index (κ2) is 4.21. The average Bonchev–Trinajstić information content (AvgIpc) is 2.15. The van der Waals surface area contributed by atoms with E-state index in [0.717, 1.165) is 0 Å². The molecule has 0 heterocycles. The molecule has 4 heteroatoms. The molecule has 1 rings (SSSR count). The maximum atomic E-state index is 11.8. The summed E-state index contributed by atoms with van der Waals surface area (Å²) >= 11 is 0. The molecule has 0 aliphatic heterocycles. The summed E-state index contributed by atoms with van der Waals surface area (Å²) in [5, 5.41) is 19.0. The fourth-order valence-electron chi connectivity index (χ4n) is 1.16. The van der Waals surface area contributed by atoms with Gasteiger partial charge in [0.2, 0.25) is 0 Å². The van der Waals surface area contributed by atoms with Crippen molar-refractivity contribution >= 4 is 5.91 Å². The number of rotatable bonds is 2. The number of hydrogen-bond donors (Lipinski definition) is 2. The lowest BCUT2D eigenvalue weighted by Crippen LogP contribution is -2.33. The van der Waals surface area contributed by atoms with Crippen LogP contribution in [0.1, 0.15) is 24.2 Å². The van der Waals surface area contributed by atoms with Gasteiger partial charge in [-0.1, -0.05) is 6.07 Å². The molecule has 0 spiro atoms. The summed E-state index contributed by atoms with van der Waals surface area (Å²) in [5.41, 5.74) is -0.0475. The molecular formula is C11H15NO3. The van der Waals surface area contributed by atoms with Gasteiger partial charge in [0, 0.05) is 13.1 Å². The van der Waals surface area contributed by atoms with Crippen molar-refractivity contribution in [2.24, 2.45) is 0 Å². The van der Waals surface area contributed by atoms with Gasteiger partial charge in [-0.2, -0.15) is 0 Å². The molecule has 0 atom stereocenters. The summed E-state index contributed by atoms with van der Waals surface area (Å²) in [6.45, 7) is 3.71. The Bertz CT molecular complexity index is 354. The first-order valence-corrected chi connectivity index (χ1v) is 4.73. The standard InChI is InChI=1S/C11H15NO3/c1-7(2)12(3)11(15)10-8(13)5-4-6-9(10)14/h4-7,13-14H,1-3H3. The molecule has 0 saturated heterocycles. The number of nitrogens with zero attached hydrogens (tertiary/aromatic N) is 1. The predicted octanol–water partition coefficient (Wildman–Crippen LogP) is 1.58. The van der Waals surface area contributed by atoms with Gasteiger partial charge in [0.05, 0.1) is 0 Å². The molecule has 1 amide bonds. The number of carbonyl (C=O) groups is 1. The van der Waals surface area contributed by atoms with Gasteiger partial charge in [-0.25, -0.2) is 0 Å². The maximum absolute atomic E-state index is 11.8. The van der Waals surface area contributed by atoms with Crippen LogP contribution in [0, 0.1) is 0 Å². The van der Waals surface area contributed by atoms with Gasteiger partial charge in [0.25, 0.3) is 5.91 Å². The van der Waals surface area contributed by atoms with Gasteiger partial charge < -0.3 is 15.1 Å². The number of phenols is 2. The Kier molecular flexibility index (Phi) is 3.19. The molecule has 82 valence electrons. The lowest BCUT2D eigenvalue weighted by atomic mass is 10.1. The zero-order chi connectivity index (χ0) is 11.6. The van der Waals surface area contributed by atoms with Crippen LogP contribution in [0.15, 0.2) is 18.2 Å². The highest BCUT2D eigenvalue weighted by molar-refractivity contribution is 5.99. The minimum absolute atomic E-state index is 0.0107. The van der Waals surface area contributed by atoms with E-state index in [0.29, 0.717) is 0 Å². The van der Waals surface area contributed by atoms with Gasteiger partial charge in [-0.3, -0.25) is 4.79 Å². The smallest absolute Gasteiger partial charge is 0.261 e. The van der Waals surface area contributed by atoms with Gasteiger partial charge in [0.15, 0.2) is 0 Å². The van der Waals surface area contributed by atoms with E-state index >= 15 is 0 Å². The highest BCUT2D eigenvalue weighted by atomic mass is 16.3. The molecule has 0 radical (unpaired) electrons. The van der Waals surface area contributed by atoms with E-state index in [2.05, 4.69) is 0 Å². The van der Waals surface area contributed by atoms with Crippen LogP contribution >= 0.6 is 0 Å². The number of phenolic OH excluding ortho intramolecular Hbond substituents is 2. The van der Waals surface area contributed by atoms with Crippen LogP contribution in [0.2, 0.25) is 0 Å². The Morgan fingerprint density at radius 2 is 1.73 bits per heavy atom. The molecule has 0 unspecified atom stereocenters. The third-order valence-corrected chi connectivity index (χ3v) is 2.33. The van der Waals surface area contributed by atoms with Crippen molar-refractivity contribution < 1.29 is 15.0 Å². The molecule has 1 aromatic carbocycles. The fourth-order valence-corrected chi connectivity index (χ4v) is 1.16. The van der Waals surface area contributed by atoms with Crippen molar-refractivity contribution in [3.05, 3.63) is 23.8 Å². The SMILES string of the molecule is CC(C)N(C)C(=O)c1c(O)cccc1O. The molecule has 4 nitrogen and oxygen atoms in total. The topological polar surface area (TPSA) is 60.8 Å². The number of amides is 1. The van der Waals surface area contributed by atoms with Crippen LogP contribution < -0.4 is 0 Å². The molecule has 0 aliphatic carbocycles. The van der Waals surface area contributed by atoms with Gasteiger partial charge >= 0.3 is 0 Å². The van der Waals surface area contributed by atoms with E-state index in [4.69, 9.17) is 0 Å². The minimum atomic E-state index is -0.388. The molecule has 0 saturated carbocycles. The van der Waals surface area contributed by atoms with Crippen molar-refractivity contribution in [3.8, 4) is 11.5 Å². The van der Waals surface area contributed by atoms with Gasteiger partial charge in [0.1, 0.15) is 17.1 Å². The summed E-state index contributed by atoms with van der Waals surface area (Å²) in [4.78, 5) is 13.3. The first-order chi connectivity index (χ1) is 6.95. The Morgan fingerprint density at radius 3 is 2.13 bits per heavy atom. The van der Waals surface area contributed by atoms with Crippen LogP contribution in [0.3, 0.4) is 0 Å². The second-order valence-electron chi connectivity index (χ2n) is 3.68. The number of carbonyl (C=O) groups excluding carboxylic acids is 1. The molecule has 0 aromatic heterocycles. The molecule has 0 fully saturated rings. The van der Waals surface area contributed by atoms with E-state index < -0.39 is 0 Å². The first kappa shape index (κ1) is 11.4. The highest BCUT2D eigenvalue weighted by Gasteiger charge is 2.21. The number of aromatic hydroxyl groups is 2. The van der Waals surface area contributed by atoms with E-state index in [1.54, 1.807) is 7.05 Å². The quantitative estimate of drug-likeness (QED) is 0.777. The van der Waals surface area contributed by atoms with Crippen molar-refractivity contribution in [3.63, 3.8) is 0 Å². The van der Waals surface area contributed by atoms with E-state index in [1.165, 1.54) is 23.1 Å². The number of hydrogen-bond acceptors (Lipinski definition) is 3. The van der Waals surface area contributed by atoms with Crippen LogP contribution in [0.25, 0.3) is 0 Å². The first-order valence-electron chi connectivity index (χ1n) is 4.73. The van der Waals surface area contributed by atoms with Crippen molar-refractivity contribution in [1.82, 2.24) is 4.90 Å². The fraction of sp³-hybridized carbons (Fsp3) is 0.364. The second-order valence-corrected chi connectivity index (χ2v) is 3.68. The minimum Gasteiger partial charge on any atom is -0.507 e. The molecule has 1 aromatic rings. The molecule has 15 heavy (non-hydrogen) atoms. The third kappa shape index (κ3) is 2.21. The van der Waals surface area contributed by atoms with Crippen LogP contribution in [0.5, 0.6) is 11.5 Å². The number of benzene rings is 1. The average molecular weight is 209 g/mol. The summed E-state index contributed by atoms with van der Waals surface area (Å²) < 4.78 is 0. The maximum Gasteiger partial charge on any atom is 0.261 e. The predicted molar refractivity (Wildman–Crippen MR) is 57.0 cm³/mol. The van der Waals surface area contributed by atoms with Crippen LogP contribution in [0.4, 0.5) is 0 Å².